The molecule has 0 bridgehead atoms. The molecule has 0 fully saturated rings. The van der Waals surface area contributed by atoms with Crippen molar-refractivity contribution in [3.63, 3.8) is 0 Å². The minimum atomic E-state index is -0.997. The van der Waals surface area contributed by atoms with Crippen molar-refractivity contribution in [1.82, 2.24) is 14.8 Å². The number of fused-ring (bicyclic) bond motifs is 1. The van der Waals surface area contributed by atoms with Gasteiger partial charge < -0.3 is 9.72 Å². The van der Waals surface area contributed by atoms with E-state index < -0.39 is 17.0 Å². The number of hydrogen-bond acceptors (Lipinski definition) is 6. The van der Waals surface area contributed by atoms with Crippen LogP contribution in [0.4, 0.5) is 5.69 Å². The summed E-state index contributed by atoms with van der Waals surface area (Å²) in [6, 6.07) is 7.32. The maximum absolute atomic E-state index is 12.6. The van der Waals surface area contributed by atoms with E-state index in [1.807, 2.05) is 24.3 Å². The number of nitrogens with zero attached hydrogens (tertiary/aromatic N) is 3. The molecule has 2 heterocycles. The highest BCUT2D eigenvalue weighted by Gasteiger charge is 2.25. The number of aryl methyl sites for hydroxylation is 1. The summed E-state index contributed by atoms with van der Waals surface area (Å²) in [5.74, 6) is -1.03. The molecule has 3 rings (SSSR count). The third-order valence-corrected chi connectivity index (χ3v) is 4.34. The van der Waals surface area contributed by atoms with E-state index in [4.69, 9.17) is 4.74 Å². The quantitative estimate of drug-likeness (QED) is 0.308. The van der Waals surface area contributed by atoms with Gasteiger partial charge in [0.15, 0.2) is 6.10 Å². The van der Waals surface area contributed by atoms with E-state index in [-0.39, 0.29) is 29.4 Å². The minimum Gasteiger partial charge on any atom is -0.453 e. The van der Waals surface area contributed by atoms with Gasteiger partial charge in [-0.1, -0.05) is 18.2 Å². The number of nitrogens with one attached hydrogen (secondary N) is 1. The molecule has 0 radical (unpaired) electrons. The van der Waals surface area contributed by atoms with Gasteiger partial charge in [-0.25, -0.2) is 0 Å². The Bertz CT molecular complexity index is 1050. The molecular formula is C18H18N4O5. The molecular weight excluding hydrogens is 352 g/mol. The van der Waals surface area contributed by atoms with Gasteiger partial charge in [-0.15, -0.1) is 0 Å². The van der Waals surface area contributed by atoms with E-state index in [0.717, 1.165) is 10.9 Å². The number of ketones is 1. The van der Waals surface area contributed by atoms with E-state index in [2.05, 4.69) is 10.1 Å². The van der Waals surface area contributed by atoms with Crippen LogP contribution in [0.15, 0.2) is 30.5 Å². The zero-order valence-corrected chi connectivity index (χ0v) is 15.1. The highest BCUT2D eigenvalue weighted by molar-refractivity contribution is 6.10. The number of para-hydroxylation sites is 1. The molecule has 9 nitrogen and oxygen atoms in total. The molecule has 0 aliphatic rings. The van der Waals surface area contributed by atoms with Gasteiger partial charge in [0.1, 0.15) is 17.9 Å². The summed E-state index contributed by atoms with van der Waals surface area (Å²) in [4.78, 5) is 38.3. The van der Waals surface area contributed by atoms with Gasteiger partial charge in [-0.2, -0.15) is 5.10 Å². The van der Waals surface area contributed by atoms with E-state index in [1.54, 1.807) is 6.20 Å². The highest BCUT2D eigenvalue weighted by atomic mass is 16.6. The Hall–Kier alpha value is -3.49. The monoisotopic (exact) mass is 370 g/mol. The van der Waals surface area contributed by atoms with Gasteiger partial charge in [0.25, 0.3) is 0 Å². The van der Waals surface area contributed by atoms with Crippen LogP contribution >= 0.6 is 0 Å². The fourth-order valence-corrected chi connectivity index (χ4v) is 3.01. The number of hydrogen-bond donors (Lipinski definition) is 1. The minimum absolute atomic E-state index is 0.134. The Morgan fingerprint density at radius 2 is 2.04 bits per heavy atom. The number of nitro groups is 1. The van der Waals surface area contributed by atoms with E-state index in [9.17, 15) is 19.7 Å². The molecule has 2 aromatic heterocycles. The lowest BCUT2D eigenvalue weighted by Gasteiger charge is -2.12. The van der Waals surface area contributed by atoms with Crippen LogP contribution in [0.25, 0.3) is 10.9 Å². The topological polar surface area (TPSA) is 120 Å². The Labute approximate surface area is 154 Å². The van der Waals surface area contributed by atoms with Crippen LogP contribution in [-0.4, -0.2) is 37.5 Å². The molecule has 1 N–H and O–H groups in total. The number of esters is 1. The van der Waals surface area contributed by atoms with Crippen LogP contribution in [0, 0.1) is 24.0 Å². The van der Waals surface area contributed by atoms with Crippen molar-refractivity contribution < 1.29 is 19.2 Å². The first kappa shape index (κ1) is 18.3. The predicted molar refractivity (Wildman–Crippen MR) is 96.5 cm³/mol. The zero-order chi connectivity index (χ0) is 19.7. The average molecular weight is 370 g/mol. The number of benzene rings is 1. The van der Waals surface area contributed by atoms with E-state index in [1.165, 1.54) is 25.5 Å². The molecule has 1 atom stereocenters. The van der Waals surface area contributed by atoms with Crippen molar-refractivity contribution in [2.24, 2.45) is 0 Å². The number of H-pyrrole nitrogens is 1. The Morgan fingerprint density at radius 1 is 1.33 bits per heavy atom. The van der Waals surface area contributed by atoms with Gasteiger partial charge in [-0.3, -0.25) is 24.4 Å². The summed E-state index contributed by atoms with van der Waals surface area (Å²) in [5.41, 5.74) is 1.59. The smallest absolute Gasteiger partial charge is 0.328 e. The lowest BCUT2D eigenvalue weighted by Crippen LogP contribution is -2.27. The first-order chi connectivity index (χ1) is 12.8. The summed E-state index contributed by atoms with van der Waals surface area (Å²) in [6.45, 7) is 4.18. The number of aromatic amines is 1. The van der Waals surface area contributed by atoms with Gasteiger partial charge in [0.05, 0.1) is 4.92 Å². The Kier molecular flexibility index (Phi) is 4.76. The number of ether oxygens (including phenoxy) is 1. The molecule has 0 aliphatic carbocycles. The standard InChI is InChI=1S/C18H18N4O5/c1-10-17(22(25)26)11(2)21(20-10)9-16(23)27-12(3)18(24)14-8-19-15-7-5-4-6-13(14)15/h4-8,12,19H,9H2,1-3H3/t12-/m1/s1. The van der Waals surface area contributed by atoms with Crippen LogP contribution < -0.4 is 0 Å². The van der Waals surface area contributed by atoms with Crippen molar-refractivity contribution in [3.05, 3.63) is 57.5 Å². The molecule has 0 aliphatic heterocycles. The van der Waals surface area contributed by atoms with Gasteiger partial charge in [-0.05, 0) is 26.8 Å². The number of carbonyl (C=O) groups is 2. The van der Waals surface area contributed by atoms with Crippen molar-refractivity contribution >= 4 is 28.3 Å². The van der Waals surface area contributed by atoms with Crippen LogP contribution in [0.2, 0.25) is 0 Å². The molecule has 140 valence electrons. The predicted octanol–water partition coefficient (Wildman–Crippen LogP) is 2.70. The number of rotatable bonds is 6. The first-order valence-corrected chi connectivity index (χ1v) is 8.27. The van der Waals surface area contributed by atoms with Gasteiger partial charge in [0.2, 0.25) is 5.78 Å². The molecule has 3 aromatic rings. The summed E-state index contributed by atoms with van der Waals surface area (Å²) in [5, 5.41) is 15.8. The van der Waals surface area contributed by atoms with Crippen LogP contribution in [-0.2, 0) is 16.1 Å². The molecule has 0 unspecified atom stereocenters. The molecule has 9 heteroatoms. The van der Waals surface area contributed by atoms with Crippen molar-refractivity contribution in [1.29, 1.82) is 0 Å². The fourth-order valence-electron chi connectivity index (χ4n) is 3.01. The summed E-state index contributed by atoms with van der Waals surface area (Å²) in [6.07, 6.45) is 0.588. The highest BCUT2D eigenvalue weighted by Crippen LogP contribution is 2.22. The van der Waals surface area contributed by atoms with Crippen LogP contribution in [0.1, 0.15) is 28.7 Å². The van der Waals surface area contributed by atoms with Gasteiger partial charge >= 0.3 is 11.7 Å². The van der Waals surface area contributed by atoms with Gasteiger partial charge in [0, 0.05) is 22.7 Å². The molecule has 27 heavy (non-hydrogen) atoms. The second kappa shape index (κ2) is 7.02. The Morgan fingerprint density at radius 3 is 2.70 bits per heavy atom. The normalized spacial score (nSPS) is 12.1. The number of Topliss-reactive ketones (excluding diaryl/α,β-unsaturated/α-hetero) is 1. The zero-order valence-electron chi connectivity index (χ0n) is 15.1. The van der Waals surface area contributed by atoms with Crippen LogP contribution in [0.3, 0.4) is 0 Å². The Balaban J connectivity index is 1.72. The largest absolute Gasteiger partial charge is 0.453 e. The van der Waals surface area contributed by atoms with Crippen molar-refractivity contribution in [2.75, 3.05) is 0 Å². The number of carbonyl (C=O) groups excluding carboxylic acids is 2. The fraction of sp³-hybridized carbons (Fsp3) is 0.278. The first-order valence-electron chi connectivity index (χ1n) is 8.27. The van der Waals surface area contributed by atoms with Crippen molar-refractivity contribution in [2.45, 2.75) is 33.4 Å². The average Bonchev–Trinajstić information content (AvgIpc) is 3.15. The summed E-state index contributed by atoms with van der Waals surface area (Å²) >= 11 is 0. The summed E-state index contributed by atoms with van der Waals surface area (Å²) in [7, 11) is 0. The SMILES string of the molecule is Cc1nn(CC(=O)O[C@H](C)C(=O)c2c[nH]c3ccccc23)c(C)c1[N+](=O)[O-]. The maximum Gasteiger partial charge on any atom is 0.328 e. The molecule has 0 amide bonds. The molecule has 0 saturated heterocycles. The van der Waals surface area contributed by atoms with Crippen molar-refractivity contribution in [3.8, 4) is 0 Å². The molecule has 0 spiro atoms. The third kappa shape index (κ3) is 3.43. The molecule has 0 saturated carbocycles. The van der Waals surface area contributed by atoms with E-state index >= 15 is 0 Å². The lowest BCUT2D eigenvalue weighted by molar-refractivity contribution is -0.386. The lowest BCUT2D eigenvalue weighted by atomic mass is 10.1. The summed E-state index contributed by atoms with van der Waals surface area (Å²) < 4.78 is 6.43. The second-order valence-electron chi connectivity index (χ2n) is 6.18. The van der Waals surface area contributed by atoms with Crippen LogP contribution in [0.5, 0.6) is 0 Å². The van der Waals surface area contributed by atoms with E-state index in [0.29, 0.717) is 5.56 Å². The second-order valence-corrected chi connectivity index (χ2v) is 6.18. The number of aromatic nitrogens is 3. The maximum atomic E-state index is 12.6. The molecule has 1 aromatic carbocycles. The third-order valence-electron chi connectivity index (χ3n) is 4.34.